The molecule has 0 heterocycles. The van der Waals surface area contributed by atoms with Crippen LogP contribution in [0.4, 0.5) is 4.39 Å². The van der Waals surface area contributed by atoms with Crippen LogP contribution in [0.3, 0.4) is 0 Å². The number of benzene rings is 1. The van der Waals surface area contributed by atoms with Gasteiger partial charge in [0.15, 0.2) is 0 Å². The van der Waals surface area contributed by atoms with Gasteiger partial charge in [-0.05, 0) is 24.1 Å². The molecule has 12 heavy (non-hydrogen) atoms. The largest absolute Gasteiger partial charge is 0.207 e. The maximum absolute atomic E-state index is 12.7. The minimum atomic E-state index is -0.222. The Hall–Kier alpha value is -1.05. The van der Waals surface area contributed by atoms with Crippen molar-refractivity contribution in [3.63, 3.8) is 0 Å². The van der Waals surface area contributed by atoms with Gasteiger partial charge in [-0.1, -0.05) is 24.6 Å². The lowest BCUT2D eigenvalue weighted by Crippen LogP contribution is -1.84. The van der Waals surface area contributed by atoms with Gasteiger partial charge in [-0.2, -0.15) is 0 Å². The summed E-state index contributed by atoms with van der Waals surface area (Å²) in [5.41, 5.74) is 1.83. The van der Waals surface area contributed by atoms with E-state index in [1.54, 1.807) is 6.07 Å². The normalized spacial score (nSPS) is 11.7. The predicted octanol–water partition coefficient (Wildman–Crippen LogP) is 2.75. The zero-order valence-electron chi connectivity index (χ0n) is 7.05. The summed E-state index contributed by atoms with van der Waals surface area (Å²) in [6, 6.07) is 6.45. The highest BCUT2D eigenvalue weighted by molar-refractivity contribution is 6.20. The third kappa shape index (κ3) is 1.97. The van der Waals surface area contributed by atoms with E-state index in [1.165, 1.54) is 18.1 Å². The summed E-state index contributed by atoms with van der Waals surface area (Å²) in [6.45, 7) is 1.99. The average Bonchev–Trinajstić information content (AvgIpc) is 2.07. The predicted molar refractivity (Wildman–Crippen MR) is 50.4 cm³/mol. The zero-order chi connectivity index (χ0) is 8.97. The van der Waals surface area contributed by atoms with Crippen LogP contribution < -0.4 is 0 Å². The highest BCUT2D eigenvalue weighted by atomic mass is 19.1. The summed E-state index contributed by atoms with van der Waals surface area (Å²) in [5, 5.41) is 0. The van der Waals surface area contributed by atoms with Crippen LogP contribution in [0.25, 0.3) is 5.57 Å². The van der Waals surface area contributed by atoms with Gasteiger partial charge < -0.3 is 0 Å². The quantitative estimate of drug-likeness (QED) is 0.583. The first-order chi connectivity index (χ1) is 5.77. The first-order valence-electron chi connectivity index (χ1n) is 3.94. The van der Waals surface area contributed by atoms with Crippen LogP contribution in [0.5, 0.6) is 0 Å². The second-order valence-electron chi connectivity index (χ2n) is 2.56. The van der Waals surface area contributed by atoms with E-state index in [9.17, 15) is 4.39 Å². The molecule has 60 valence electrons. The van der Waals surface area contributed by atoms with Crippen molar-refractivity contribution in [1.29, 1.82) is 0 Å². The van der Waals surface area contributed by atoms with Gasteiger partial charge in [-0.3, -0.25) is 0 Å². The Morgan fingerprint density at radius 3 is 2.83 bits per heavy atom. The van der Waals surface area contributed by atoms with Gasteiger partial charge in [0.1, 0.15) is 13.7 Å². The molecule has 2 heteroatoms. The molecule has 2 radical (unpaired) electrons. The molecular formula is C10H10BF. The fourth-order valence-corrected chi connectivity index (χ4v) is 1.11. The molecule has 0 aliphatic rings. The third-order valence-electron chi connectivity index (χ3n) is 1.78. The zero-order valence-corrected chi connectivity index (χ0v) is 7.05. The molecule has 1 aromatic carbocycles. The minimum absolute atomic E-state index is 0.222. The molecule has 0 saturated carbocycles. The van der Waals surface area contributed by atoms with Gasteiger partial charge in [0.05, 0.1) is 0 Å². The molecule has 0 spiro atoms. The average molecular weight is 160 g/mol. The van der Waals surface area contributed by atoms with Crippen molar-refractivity contribution < 1.29 is 4.39 Å². The van der Waals surface area contributed by atoms with Gasteiger partial charge in [0.25, 0.3) is 0 Å². The van der Waals surface area contributed by atoms with Crippen LogP contribution in [0, 0.1) is 5.82 Å². The summed E-state index contributed by atoms with van der Waals surface area (Å²) in [6.07, 6.45) is 0.819. The molecule has 1 aromatic rings. The Bertz CT molecular complexity index is 292. The Balaban J connectivity index is 3.02. The van der Waals surface area contributed by atoms with E-state index in [2.05, 4.69) is 0 Å². The molecule has 0 aliphatic carbocycles. The molecule has 0 aliphatic heterocycles. The second kappa shape index (κ2) is 4.10. The van der Waals surface area contributed by atoms with Crippen molar-refractivity contribution in [2.75, 3.05) is 0 Å². The summed E-state index contributed by atoms with van der Waals surface area (Å²) < 4.78 is 12.7. The second-order valence-corrected chi connectivity index (χ2v) is 2.56. The van der Waals surface area contributed by atoms with Gasteiger partial charge in [0.2, 0.25) is 0 Å². The van der Waals surface area contributed by atoms with Crippen molar-refractivity contribution >= 4 is 13.4 Å². The minimum Gasteiger partial charge on any atom is -0.207 e. The number of hydrogen-bond acceptors (Lipinski definition) is 0. The summed E-state index contributed by atoms with van der Waals surface area (Å²) in [7, 11) is 5.38. The van der Waals surface area contributed by atoms with E-state index >= 15 is 0 Å². The molecule has 0 unspecified atom stereocenters. The highest BCUT2D eigenvalue weighted by Gasteiger charge is 1.97. The lowest BCUT2D eigenvalue weighted by molar-refractivity contribution is 0.627. The molecule has 0 atom stereocenters. The van der Waals surface area contributed by atoms with Gasteiger partial charge in [-0.25, -0.2) is 4.39 Å². The van der Waals surface area contributed by atoms with Crippen LogP contribution in [0.2, 0.25) is 0 Å². The molecule has 0 nitrogen and oxygen atoms in total. The third-order valence-corrected chi connectivity index (χ3v) is 1.78. The first-order valence-corrected chi connectivity index (χ1v) is 3.94. The molecule has 0 bridgehead atoms. The van der Waals surface area contributed by atoms with E-state index in [0.29, 0.717) is 0 Å². The van der Waals surface area contributed by atoms with E-state index in [0.717, 1.165) is 17.6 Å². The molecule has 0 saturated heterocycles. The van der Waals surface area contributed by atoms with Crippen LogP contribution in [-0.4, -0.2) is 7.85 Å². The Labute approximate surface area is 73.5 Å². The lowest BCUT2D eigenvalue weighted by Gasteiger charge is -2.03. The maximum Gasteiger partial charge on any atom is 0.123 e. The topological polar surface area (TPSA) is 0 Å². The van der Waals surface area contributed by atoms with Crippen molar-refractivity contribution in [2.24, 2.45) is 0 Å². The van der Waals surface area contributed by atoms with Crippen LogP contribution >= 0.6 is 0 Å². The summed E-state index contributed by atoms with van der Waals surface area (Å²) in [5.74, 6) is 1.30. The molecule has 0 aromatic heterocycles. The Morgan fingerprint density at radius 1 is 1.58 bits per heavy atom. The highest BCUT2D eigenvalue weighted by Crippen LogP contribution is 2.17. The van der Waals surface area contributed by atoms with Crippen molar-refractivity contribution in [3.8, 4) is 0 Å². The molecule has 0 fully saturated rings. The van der Waals surface area contributed by atoms with Crippen molar-refractivity contribution in [3.05, 3.63) is 41.6 Å². The summed E-state index contributed by atoms with van der Waals surface area (Å²) in [4.78, 5) is 0. The fourth-order valence-electron chi connectivity index (χ4n) is 1.11. The van der Waals surface area contributed by atoms with E-state index < -0.39 is 0 Å². The van der Waals surface area contributed by atoms with Gasteiger partial charge in [-0.15, -0.1) is 5.98 Å². The molecule has 1 rings (SSSR count). The SMILES string of the molecule is [B]C=C(CC)c1cccc(F)c1. The Kier molecular flexibility index (Phi) is 3.09. The number of halogens is 1. The van der Waals surface area contributed by atoms with Crippen LogP contribution in [-0.2, 0) is 0 Å². The monoisotopic (exact) mass is 160 g/mol. The smallest absolute Gasteiger partial charge is 0.123 e. The number of hydrogen-bond donors (Lipinski definition) is 0. The van der Waals surface area contributed by atoms with Gasteiger partial charge in [0, 0.05) is 0 Å². The van der Waals surface area contributed by atoms with E-state index in [1.807, 2.05) is 13.0 Å². The molecule has 0 amide bonds. The first kappa shape index (κ1) is 9.05. The standard InChI is InChI=1S/C10H10BF/c1-2-8(7-11)9-4-3-5-10(12)6-9/h3-7H,2H2,1H3. The molecular weight excluding hydrogens is 150 g/mol. The lowest BCUT2D eigenvalue weighted by atomic mass is 9.96. The summed E-state index contributed by atoms with van der Waals surface area (Å²) >= 11 is 0. The van der Waals surface area contributed by atoms with E-state index in [-0.39, 0.29) is 5.82 Å². The Morgan fingerprint density at radius 2 is 2.33 bits per heavy atom. The van der Waals surface area contributed by atoms with Crippen molar-refractivity contribution in [1.82, 2.24) is 0 Å². The van der Waals surface area contributed by atoms with Crippen LogP contribution in [0.1, 0.15) is 18.9 Å². The van der Waals surface area contributed by atoms with Crippen molar-refractivity contribution in [2.45, 2.75) is 13.3 Å². The van der Waals surface area contributed by atoms with E-state index in [4.69, 9.17) is 7.85 Å². The number of rotatable bonds is 2. The molecule has 0 N–H and O–H groups in total. The maximum atomic E-state index is 12.7. The number of allylic oxidation sites excluding steroid dienone is 1. The van der Waals surface area contributed by atoms with Crippen LogP contribution in [0.15, 0.2) is 30.2 Å². The van der Waals surface area contributed by atoms with Gasteiger partial charge >= 0.3 is 0 Å². The fraction of sp³-hybridized carbons (Fsp3) is 0.200.